The van der Waals surface area contributed by atoms with E-state index in [1.165, 1.54) is 5.56 Å². The molecular weight excluding hydrogens is 400 g/mol. The monoisotopic (exact) mass is 424 g/mol. The topological polar surface area (TPSA) is 50.6 Å². The first-order valence-electron chi connectivity index (χ1n) is 10.0. The number of halogens is 1. The lowest BCUT2D eigenvalue weighted by molar-refractivity contribution is 0.0738. The predicted octanol–water partition coefficient (Wildman–Crippen LogP) is 4.15. The molecule has 0 aliphatic carbocycles. The number of piperazine rings is 1. The fourth-order valence-corrected chi connectivity index (χ4v) is 3.75. The van der Waals surface area contributed by atoms with Crippen molar-refractivity contribution in [1.29, 1.82) is 0 Å². The molecule has 2 heterocycles. The number of rotatable bonds is 5. The van der Waals surface area contributed by atoms with Gasteiger partial charge in [-0.2, -0.15) is 5.10 Å². The van der Waals surface area contributed by atoms with Gasteiger partial charge in [-0.15, -0.1) is 0 Å². The summed E-state index contributed by atoms with van der Waals surface area (Å²) in [5, 5.41) is 5.13. The maximum absolute atomic E-state index is 12.8. The van der Waals surface area contributed by atoms with Crippen molar-refractivity contribution in [2.75, 3.05) is 31.1 Å². The van der Waals surface area contributed by atoms with E-state index in [1.54, 1.807) is 16.9 Å². The highest BCUT2D eigenvalue weighted by Crippen LogP contribution is 2.21. The number of benzene rings is 2. The maximum atomic E-state index is 12.8. The normalized spacial score (nSPS) is 14.1. The minimum absolute atomic E-state index is 0.0453. The second-order valence-corrected chi connectivity index (χ2v) is 7.97. The molecule has 30 heavy (non-hydrogen) atoms. The zero-order valence-electron chi connectivity index (χ0n) is 17.2. The third kappa shape index (κ3) is 4.60. The van der Waals surface area contributed by atoms with Gasteiger partial charge in [0.25, 0.3) is 5.91 Å². The first kappa shape index (κ1) is 20.3. The number of hydrogen-bond acceptors (Lipinski definition) is 4. The van der Waals surface area contributed by atoms with Gasteiger partial charge in [-0.05, 0) is 55.8 Å². The van der Waals surface area contributed by atoms with Crippen LogP contribution in [0.5, 0.6) is 5.75 Å². The average Bonchev–Trinajstić information content (AvgIpc) is 3.22. The first-order chi connectivity index (χ1) is 14.5. The second kappa shape index (κ2) is 8.79. The highest BCUT2D eigenvalue weighted by molar-refractivity contribution is 6.30. The van der Waals surface area contributed by atoms with Crippen molar-refractivity contribution in [1.82, 2.24) is 14.7 Å². The molecule has 1 amide bonds. The summed E-state index contributed by atoms with van der Waals surface area (Å²) in [6, 6.07) is 15.6. The summed E-state index contributed by atoms with van der Waals surface area (Å²) >= 11 is 5.97. The Balaban J connectivity index is 1.32. The molecule has 0 spiro atoms. The smallest absolute Gasteiger partial charge is 0.274 e. The molecule has 7 heteroatoms. The highest BCUT2D eigenvalue weighted by atomic mass is 35.5. The van der Waals surface area contributed by atoms with E-state index in [0.717, 1.165) is 35.1 Å². The SMILES string of the molecule is Cc1ccc(OCn2ccc(C(=O)N3CCN(c4ccc(Cl)cc4)CC3)n2)c(C)c1. The van der Waals surface area contributed by atoms with Gasteiger partial charge >= 0.3 is 0 Å². The molecule has 1 fully saturated rings. The van der Waals surface area contributed by atoms with Gasteiger partial charge in [0, 0.05) is 43.1 Å². The van der Waals surface area contributed by atoms with Crippen LogP contribution >= 0.6 is 11.6 Å². The van der Waals surface area contributed by atoms with Crippen molar-refractivity contribution < 1.29 is 9.53 Å². The van der Waals surface area contributed by atoms with Crippen LogP contribution in [0.15, 0.2) is 54.7 Å². The molecule has 1 aliphatic heterocycles. The van der Waals surface area contributed by atoms with Gasteiger partial charge < -0.3 is 14.5 Å². The number of carbonyl (C=O) groups excluding carboxylic acids is 1. The summed E-state index contributed by atoms with van der Waals surface area (Å²) in [5.41, 5.74) is 3.85. The van der Waals surface area contributed by atoms with Crippen LogP contribution in [0.2, 0.25) is 5.02 Å². The van der Waals surface area contributed by atoms with Gasteiger partial charge in [-0.1, -0.05) is 29.3 Å². The summed E-state index contributed by atoms with van der Waals surface area (Å²) < 4.78 is 7.50. The van der Waals surface area contributed by atoms with Crippen molar-refractivity contribution >= 4 is 23.2 Å². The van der Waals surface area contributed by atoms with E-state index in [2.05, 4.69) is 23.0 Å². The van der Waals surface area contributed by atoms with Crippen molar-refractivity contribution in [2.24, 2.45) is 0 Å². The number of carbonyl (C=O) groups is 1. The molecule has 0 bridgehead atoms. The van der Waals surface area contributed by atoms with E-state index in [-0.39, 0.29) is 12.6 Å². The number of ether oxygens (including phenoxy) is 1. The highest BCUT2D eigenvalue weighted by Gasteiger charge is 2.24. The van der Waals surface area contributed by atoms with Gasteiger partial charge in [0.15, 0.2) is 12.4 Å². The van der Waals surface area contributed by atoms with Crippen LogP contribution < -0.4 is 9.64 Å². The van der Waals surface area contributed by atoms with Crippen LogP contribution in [-0.2, 0) is 6.73 Å². The molecule has 156 valence electrons. The van der Waals surface area contributed by atoms with Crippen LogP contribution in [-0.4, -0.2) is 46.8 Å². The standard InChI is InChI=1S/C23H25ClN4O2/c1-17-3-8-22(18(2)15-17)30-16-28-10-9-21(25-28)23(29)27-13-11-26(12-14-27)20-6-4-19(24)5-7-20/h3-10,15H,11-14,16H2,1-2H3. The van der Waals surface area contributed by atoms with E-state index in [1.807, 2.05) is 48.2 Å². The Hall–Kier alpha value is -2.99. The second-order valence-electron chi connectivity index (χ2n) is 7.54. The quantitative estimate of drug-likeness (QED) is 0.617. The summed E-state index contributed by atoms with van der Waals surface area (Å²) in [6.45, 7) is 7.22. The van der Waals surface area contributed by atoms with Gasteiger partial charge in [0.05, 0.1) is 0 Å². The van der Waals surface area contributed by atoms with E-state index >= 15 is 0 Å². The number of anilines is 1. The van der Waals surface area contributed by atoms with E-state index in [9.17, 15) is 4.79 Å². The lowest BCUT2D eigenvalue weighted by atomic mass is 10.1. The number of amides is 1. The van der Waals surface area contributed by atoms with Crippen LogP contribution in [0.3, 0.4) is 0 Å². The minimum atomic E-state index is -0.0453. The Labute approximate surface area is 181 Å². The molecule has 0 unspecified atom stereocenters. The Morgan fingerprint density at radius 3 is 2.47 bits per heavy atom. The lowest BCUT2D eigenvalue weighted by Gasteiger charge is -2.35. The molecule has 3 aromatic rings. The molecule has 1 aliphatic rings. The molecular formula is C23H25ClN4O2. The Kier molecular flexibility index (Phi) is 5.95. The minimum Gasteiger partial charge on any atom is -0.471 e. The van der Waals surface area contributed by atoms with Crippen LogP contribution in [0.1, 0.15) is 21.6 Å². The third-order valence-electron chi connectivity index (χ3n) is 5.30. The summed E-state index contributed by atoms with van der Waals surface area (Å²) in [4.78, 5) is 17.0. The fourth-order valence-electron chi connectivity index (χ4n) is 3.63. The van der Waals surface area contributed by atoms with Crippen LogP contribution in [0.4, 0.5) is 5.69 Å². The maximum Gasteiger partial charge on any atom is 0.274 e. The van der Waals surface area contributed by atoms with Crippen LogP contribution in [0.25, 0.3) is 0 Å². The molecule has 1 saturated heterocycles. The average molecular weight is 425 g/mol. The summed E-state index contributed by atoms with van der Waals surface area (Å²) in [5.74, 6) is 0.776. The molecule has 0 atom stereocenters. The fraction of sp³-hybridized carbons (Fsp3) is 0.304. The van der Waals surface area contributed by atoms with Gasteiger partial charge in [-0.25, -0.2) is 4.68 Å². The Bertz CT molecular complexity index is 1020. The van der Waals surface area contributed by atoms with E-state index in [0.29, 0.717) is 18.8 Å². The lowest BCUT2D eigenvalue weighted by Crippen LogP contribution is -2.48. The van der Waals surface area contributed by atoms with Gasteiger partial charge in [-0.3, -0.25) is 4.79 Å². The molecule has 4 rings (SSSR count). The molecule has 6 nitrogen and oxygen atoms in total. The molecule has 0 radical (unpaired) electrons. The number of aromatic nitrogens is 2. The first-order valence-corrected chi connectivity index (χ1v) is 10.4. The van der Waals surface area contributed by atoms with Crippen molar-refractivity contribution in [3.63, 3.8) is 0 Å². The van der Waals surface area contributed by atoms with Crippen molar-refractivity contribution in [2.45, 2.75) is 20.6 Å². The Morgan fingerprint density at radius 1 is 1.03 bits per heavy atom. The number of aryl methyl sites for hydroxylation is 2. The predicted molar refractivity (Wildman–Crippen MR) is 118 cm³/mol. The molecule has 0 saturated carbocycles. The number of hydrogen-bond donors (Lipinski definition) is 0. The van der Waals surface area contributed by atoms with Gasteiger partial charge in [0.1, 0.15) is 5.75 Å². The zero-order chi connectivity index (χ0) is 21.1. The zero-order valence-corrected chi connectivity index (χ0v) is 18.0. The van der Waals surface area contributed by atoms with Crippen molar-refractivity contribution in [3.8, 4) is 5.75 Å². The summed E-state index contributed by atoms with van der Waals surface area (Å²) in [6.07, 6.45) is 1.78. The van der Waals surface area contributed by atoms with E-state index in [4.69, 9.17) is 16.3 Å². The molecule has 0 N–H and O–H groups in total. The largest absolute Gasteiger partial charge is 0.471 e. The molecule has 2 aromatic carbocycles. The van der Waals surface area contributed by atoms with Gasteiger partial charge in [0.2, 0.25) is 0 Å². The third-order valence-corrected chi connectivity index (χ3v) is 5.55. The van der Waals surface area contributed by atoms with E-state index < -0.39 is 0 Å². The van der Waals surface area contributed by atoms with Crippen molar-refractivity contribution in [3.05, 3.63) is 76.6 Å². The Morgan fingerprint density at radius 2 is 1.77 bits per heavy atom. The summed E-state index contributed by atoms with van der Waals surface area (Å²) in [7, 11) is 0. The number of nitrogens with zero attached hydrogens (tertiary/aromatic N) is 4. The van der Waals surface area contributed by atoms with Crippen LogP contribution in [0, 0.1) is 13.8 Å². The molecule has 1 aromatic heterocycles.